The summed E-state index contributed by atoms with van der Waals surface area (Å²) in [5.74, 6) is 2.14. The van der Waals surface area contributed by atoms with E-state index in [1.165, 1.54) is 0 Å². The summed E-state index contributed by atoms with van der Waals surface area (Å²) in [6, 6.07) is 19.5. The highest BCUT2D eigenvalue weighted by Crippen LogP contribution is 2.44. The number of hydrogen-bond donors (Lipinski definition) is 0. The first-order valence-electron chi connectivity index (χ1n) is 10.3. The van der Waals surface area contributed by atoms with Gasteiger partial charge in [-0.2, -0.15) is 4.52 Å². The maximum atomic E-state index is 13.7. The van der Waals surface area contributed by atoms with Crippen molar-refractivity contribution >= 4 is 17.4 Å². The van der Waals surface area contributed by atoms with Crippen molar-refractivity contribution in [3.05, 3.63) is 78.1 Å². The smallest absolute Gasteiger partial charge is 0.234 e. The molecule has 1 saturated heterocycles. The SMILES string of the molecule is O=C(C1c2ccccc2Oc2ccccc21)N1CCN(c2ccc3nncn3n2)CC1. The predicted molar refractivity (Wildman–Crippen MR) is 114 cm³/mol. The van der Waals surface area contributed by atoms with Crippen LogP contribution in [0.3, 0.4) is 0 Å². The second kappa shape index (κ2) is 7.09. The lowest BCUT2D eigenvalue weighted by molar-refractivity contribution is -0.132. The molecule has 0 radical (unpaired) electrons. The van der Waals surface area contributed by atoms with E-state index in [0.29, 0.717) is 13.1 Å². The van der Waals surface area contributed by atoms with Gasteiger partial charge in [0.05, 0.1) is 5.92 Å². The Hall–Kier alpha value is -3.94. The van der Waals surface area contributed by atoms with Crippen LogP contribution in [0.2, 0.25) is 0 Å². The lowest BCUT2D eigenvalue weighted by atomic mass is 9.86. The highest BCUT2D eigenvalue weighted by atomic mass is 16.5. The summed E-state index contributed by atoms with van der Waals surface area (Å²) in [5, 5.41) is 12.5. The molecule has 8 heteroatoms. The minimum atomic E-state index is -0.348. The van der Waals surface area contributed by atoms with Crippen molar-refractivity contribution in [3.8, 4) is 11.5 Å². The van der Waals surface area contributed by atoms with Crippen molar-refractivity contribution < 1.29 is 9.53 Å². The van der Waals surface area contributed by atoms with Gasteiger partial charge >= 0.3 is 0 Å². The lowest BCUT2D eigenvalue weighted by Crippen LogP contribution is -2.50. The molecule has 0 spiro atoms. The van der Waals surface area contributed by atoms with Gasteiger partial charge in [0.2, 0.25) is 5.91 Å². The number of carbonyl (C=O) groups excluding carboxylic acids is 1. The first kappa shape index (κ1) is 17.9. The standard InChI is InChI=1S/C23H20N6O2/c30-23(22-16-5-1-3-7-18(16)31-19-8-4-2-6-17(19)22)28-13-11-27(12-14-28)21-10-9-20-25-24-15-29(20)26-21/h1-10,15,22H,11-14H2. The molecule has 0 unspecified atom stereocenters. The normalized spacial score (nSPS) is 16.0. The van der Waals surface area contributed by atoms with Crippen LogP contribution in [0.1, 0.15) is 17.0 Å². The number of piperazine rings is 1. The highest BCUT2D eigenvalue weighted by Gasteiger charge is 2.36. The molecule has 2 aliphatic heterocycles. The molecule has 154 valence electrons. The minimum absolute atomic E-state index is 0.116. The number of rotatable bonds is 2. The van der Waals surface area contributed by atoms with Crippen molar-refractivity contribution in [2.45, 2.75) is 5.92 Å². The van der Waals surface area contributed by atoms with Crippen LogP contribution in [0.15, 0.2) is 67.0 Å². The zero-order valence-electron chi connectivity index (χ0n) is 16.8. The molecule has 0 saturated carbocycles. The number of para-hydroxylation sites is 2. The van der Waals surface area contributed by atoms with Crippen LogP contribution in [0, 0.1) is 0 Å². The molecule has 4 heterocycles. The third-order valence-electron chi connectivity index (χ3n) is 5.99. The van der Waals surface area contributed by atoms with Gasteiger partial charge in [-0.25, -0.2) is 0 Å². The Morgan fingerprint density at radius 2 is 1.55 bits per heavy atom. The van der Waals surface area contributed by atoms with E-state index < -0.39 is 0 Å². The fourth-order valence-electron chi connectivity index (χ4n) is 4.40. The fourth-order valence-corrected chi connectivity index (χ4v) is 4.40. The molecule has 2 aliphatic rings. The summed E-state index contributed by atoms with van der Waals surface area (Å²) in [6.07, 6.45) is 1.60. The first-order chi connectivity index (χ1) is 15.3. The van der Waals surface area contributed by atoms with Gasteiger partial charge in [-0.05, 0) is 24.3 Å². The third kappa shape index (κ3) is 2.99. The van der Waals surface area contributed by atoms with Gasteiger partial charge in [-0.1, -0.05) is 36.4 Å². The predicted octanol–water partition coefficient (Wildman–Crippen LogP) is 2.71. The number of aromatic nitrogens is 4. The number of benzene rings is 2. The van der Waals surface area contributed by atoms with Crippen LogP contribution in [0.5, 0.6) is 11.5 Å². The van der Waals surface area contributed by atoms with E-state index in [4.69, 9.17) is 4.74 Å². The molecule has 2 aromatic carbocycles. The molecule has 2 aromatic heterocycles. The summed E-state index contributed by atoms with van der Waals surface area (Å²) < 4.78 is 7.72. The maximum Gasteiger partial charge on any atom is 0.234 e. The topological polar surface area (TPSA) is 75.9 Å². The number of hydrogen-bond acceptors (Lipinski definition) is 6. The maximum absolute atomic E-state index is 13.7. The average Bonchev–Trinajstić information content (AvgIpc) is 3.30. The lowest BCUT2D eigenvalue weighted by Gasteiger charge is -2.38. The Morgan fingerprint density at radius 1 is 0.871 bits per heavy atom. The largest absolute Gasteiger partial charge is 0.457 e. The van der Waals surface area contributed by atoms with Crippen LogP contribution >= 0.6 is 0 Å². The van der Waals surface area contributed by atoms with Gasteiger partial charge in [0.15, 0.2) is 5.65 Å². The number of ether oxygens (including phenoxy) is 1. The molecule has 0 atom stereocenters. The molecular formula is C23H20N6O2. The molecule has 0 bridgehead atoms. The molecule has 0 N–H and O–H groups in total. The third-order valence-corrected chi connectivity index (χ3v) is 5.99. The van der Waals surface area contributed by atoms with Crippen molar-refractivity contribution in [1.29, 1.82) is 0 Å². The number of nitrogens with zero attached hydrogens (tertiary/aromatic N) is 6. The number of carbonyl (C=O) groups is 1. The van der Waals surface area contributed by atoms with E-state index >= 15 is 0 Å². The van der Waals surface area contributed by atoms with Crippen LogP contribution in [0.4, 0.5) is 5.82 Å². The summed E-state index contributed by atoms with van der Waals surface area (Å²) in [4.78, 5) is 17.8. The van der Waals surface area contributed by atoms with Crippen molar-refractivity contribution in [2.24, 2.45) is 0 Å². The fraction of sp³-hybridized carbons (Fsp3) is 0.217. The van der Waals surface area contributed by atoms with E-state index in [-0.39, 0.29) is 11.8 Å². The van der Waals surface area contributed by atoms with E-state index in [1.54, 1.807) is 10.8 Å². The highest BCUT2D eigenvalue weighted by molar-refractivity contribution is 5.90. The van der Waals surface area contributed by atoms with E-state index in [1.807, 2.05) is 65.6 Å². The molecule has 1 fully saturated rings. The van der Waals surface area contributed by atoms with E-state index in [0.717, 1.165) is 47.2 Å². The minimum Gasteiger partial charge on any atom is -0.457 e. The Morgan fingerprint density at radius 3 is 2.26 bits per heavy atom. The molecule has 8 nitrogen and oxygen atoms in total. The summed E-state index contributed by atoms with van der Waals surface area (Å²) in [5.41, 5.74) is 2.57. The average molecular weight is 412 g/mol. The molecule has 31 heavy (non-hydrogen) atoms. The van der Waals surface area contributed by atoms with Gasteiger partial charge in [-0.3, -0.25) is 4.79 Å². The summed E-state index contributed by atoms with van der Waals surface area (Å²) in [6.45, 7) is 2.72. The zero-order chi connectivity index (χ0) is 20.8. The second-order valence-electron chi connectivity index (χ2n) is 7.75. The van der Waals surface area contributed by atoms with E-state index in [9.17, 15) is 4.79 Å². The number of anilines is 1. The Bertz CT molecular complexity index is 1230. The van der Waals surface area contributed by atoms with Crippen molar-refractivity contribution in [1.82, 2.24) is 24.7 Å². The molecular weight excluding hydrogens is 392 g/mol. The Kier molecular flexibility index (Phi) is 4.09. The van der Waals surface area contributed by atoms with Crippen molar-refractivity contribution in [2.75, 3.05) is 31.1 Å². The monoisotopic (exact) mass is 412 g/mol. The first-order valence-corrected chi connectivity index (χ1v) is 10.3. The van der Waals surface area contributed by atoms with E-state index in [2.05, 4.69) is 20.2 Å². The van der Waals surface area contributed by atoms with Crippen LogP contribution in [-0.2, 0) is 4.79 Å². The van der Waals surface area contributed by atoms with Crippen LogP contribution < -0.4 is 9.64 Å². The Balaban J connectivity index is 1.25. The van der Waals surface area contributed by atoms with Gasteiger partial charge in [-0.15, -0.1) is 15.3 Å². The molecule has 0 aliphatic carbocycles. The van der Waals surface area contributed by atoms with Gasteiger partial charge in [0.25, 0.3) is 0 Å². The quantitative estimate of drug-likeness (QED) is 0.504. The van der Waals surface area contributed by atoms with Crippen molar-refractivity contribution in [3.63, 3.8) is 0 Å². The molecule has 6 rings (SSSR count). The second-order valence-corrected chi connectivity index (χ2v) is 7.75. The number of fused-ring (bicyclic) bond motifs is 3. The molecule has 1 amide bonds. The van der Waals surface area contributed by atoms with Crippen LogP contribution in [0.25, 0.3) is 5.65 Å². The summed E-state index contributed by atoms with van der Waals surface area (Å²) in [7, 11) is 0. The number of amides is 1. The van der Waals surface area contributed by atoms with Gasteiger partial charge in [0.1, 0.15) is 23.6 Å². The Labute approximate surface area is 178 Å². The van der Waals surface area contributed by atoms with Gasteiger partial charge < -0.3 is 14.5 Å². The molecule has 4 aromatic rings. The van der Waals surface area contributed by atoms with Crippen LogP contribution in [-0.4, -0.2) is 56.8 Å². The summed E-state index contributed by atoms with van der Waals surface area (Å²) >= 11 is 0. The zero-order valence-corrected chi connectivity index (χ0v) is 16.8. The van der Waals surface area contributed by atoms with Gasteiger partial charge in [0, 0.05) is 37.3 Å².